The molecule has 0 spiro atoms. The fraction of sp³-hybridized carbons (Fsp3) is 0.400. The van der Waals surface area contributed by atoms with E-state index in [4.69, 9.17) is 5.11 Å². The fourth-order valence-corrected chi connectivity index (χ4v) is 0.621. The third-order valence-electron chi connectivity index (χ3n) is 1.07. The highest BCUT2D eigenvalue weighted by Gasteiger charge is 2.16. The molecule has 1 N–H and O–H groups in total. The summed E-state index contributed by atoms with van der Waals surface area (Å²) in [6.45, 7) is 0. The van der Waals surface area contributed by atoms with Crippen LogP contribution in [0.1, 0.15) is 6.42 Å². The quantitative estimate of drug-likeness (QED) is 0.489. The Morgan fingerprint density at radius 1 is 1.88 bits per heavy atom. The lowest BCUT2D eigenvalue weighted by molar-refractivity contribution is -0.125. The van der Waals surface area contributed by atoms with Gasteiger partial charge in [-0.15, -0.1) is 0 Å². The number of carbonyl (C=O) groups excluding carboxylic acids is 1. The standard InChI is InChI=1S/C5H7NO2/c1-6-3-4(7)2-5(6)8/h3,7H,2H2,1H3. The second-order valence-electron chi connectivity index (χ2n) is 1.80. The summed E-state index contributed by atoms with van der Waals surface area (Å²) in [4.78, 5) is 11.9. The third kappa shape index (κ3) is 0.665. The second kappa shape index (κ2) is 1.51. The Hall–Kier alpha value is -0.990. The number of aliphatic hydroxyl groups is 1. The van der Waals surface area contributed by atoms with Crippen LogP contribution in [-0.2, 0) is 4.79 Å². The van der Waals surface area contributed by atoms with Gasteiger partial charge >= 0.3 is 0 Å². The predicted molar refractivity (Wildman–Crippen MR) is 28.1 cm³/mol. The number of hydrogen-bond donors (Lipinski definition) is 1. The molecule has 0 unspecified atom stereocenters. The van der Waals surface area contributed by atoms with Gasteiger partial charge in [0.1, 0.15) is 5.76 Å². The van der Waals surface area contributed by atoms with Gasteiger partial charge in [0.25, 0.3) is 0 Å². The Kier molecular flexibility index (Phi) is 0.970. The van der Waals surface area contributed by atoms with E-state index in [0.717, 1.165) is 0 Å². The van der Waals surface area contributed by atoms with Crippen LogP contribution in [0.2, 0.25) is 0 Å². The van der Waals surface area contributed by atoms with E-state index < -0.39 is 0 Å². The minimum absolute atomic E-state index is 0.0532. The van der Waals surface area contributed by atoms with Gasteiger partial charge in [0.2, 0.25) is 5.91 Å². The molecule has 8 heavy (non-hydrogen) atoms. The zero-order valence-corrected chi connectivity index (χ0v) is 4.59. The molecule has 0 aromatic rings. The third-order valence-corrected chi connectivity index (χ3v) is 1.07. The van der Waals surface area contributed by atoms with Crippen molar-refractivity contribution in [3.05, 3.63) is 12.0 Å². The first-order chi connectivity index (χ1) is 3.70. The highest BCUT2D eigenvalue weighted by molar-refractivity contribution is 5.81. The molecule has 0 aromatic carbocycles. The van der Waals surface area contributed by atoms with E-state index in [9.17, 15) is 4.79 Å². The second-order valence-corrected chi connectivity index (χ2v) is 1.80. The number of hydrogen-bond acceptors (Lipinski definition) is 2. The van der Waals surface area contributed by atoms with Crippen molar-refractivity contribution in [2.24, 2.45) is 0 Å². The predicted octanol–water partition coefficient (Wildman–Crippen LogP) is 0.248. The average Bonchev–Trinajstić information content (AvgIpc) is 1.85. The van der Waals surface area contributed by atoms with Crippen LogP contribution in [0.5, 0.6) is 0 Å². The number of carbonyl (C=O) groups is 1. The average molecular weight is 113 g/mol. The van der Waals surface area contributed by atoms with Crippen molar-refractivity contribution in [3.63, 3.8) is 0 Å². The zero-order chi connectivity index (χ0) is 6.15. The zero-order valence-electron chi connectivity index (χ0n) is 4.59. The van der Waals surface area contributed by atoms with Crippen molar-refractivity contribution < 1.29 is 9.90 Å². The van der Waals surface area contributed by atoms with Crippen molar-refractivity contribution in [3.8, 4) is 0 Å². The first kappa shape index (κ1) is 5.15. The molecule has 0 bridgehead atoms. The maximum Gasteiger partial charge on any atom is 0.234 e. The minimum atomic E-state index is -0.0532. The van der Waals surface area contributed by atoms with Crippen LogP contribution < -0.4 is 0 Å². The summed E-state index contributed by atoms with van der Waals surface area (Å²) in [7, 11) is 1.62. The number of amides is 1. The maximum atomic E-state index is 10.5. The molecule has 0 aromatic heterocycles. The maximum absolute atomic E-state index is 10.5. The van der Waals surface area contributed by atoms with Crippen molar-refractivity contribution in [1.29, 1.82) is 0 Å². The van der Waals surface area contributed by atoms with Crippen molar-refractivity contribution >= 4 is 5.91 Å². The van der Waals surface area contributed by atoms with E-state index in [2.05, 4.69) is 0 Å². The molecule has 3 nitrogen and oxygen atoms in total. The first-order valence-electron chi connectivity index (χ1n) is 2.35. The smallest absolute Gasteiger partial charge is 0.234 e. The van der Waals surface area contributed by atoms with E-state index in [1.165, 1.54) is 11.1 Å². The first-order valence-corrected chi connectivity index (χ1v) is 2.35. The molecule has 1 amide bonds. The van der Waals surface area contributed by atoms with Gasteiger partial charge in [-0.05, 0) is 0 Å². The van der Waals surface area contributed by atoms with Gasteiger partial charge in [0, 0.05) is 13.2 Å². The fourth-order valence-electron chi connectivity index (χ4n) is 0.621. The number of nitrogens with zero attached hydrogens (tertiary/aromatic N) is 1. The molecular formula is C5H7NO2. The van der Waals surface area contributed by atoms with Gasteiger partial charge in [-0.1, -0.05) is 0 Å². The van der Waals surface area contributed by atoms with Crippen LogP contribution in [0.15, 0.2) is 12.0 Å². The molecule has 1 aliphatic heterocycles. The molecule has 0 saturated heterocycles. The van der Waals surface area contributed by atoms with Crippen LogP contribution in [-0.4, -0.2) is 23.0 Å². The molecular weight excluding hydrogens is 106 g/mol. The van der Waals surface area contributed by atoms with E-state index >= 15 is 0 Å². The molecule has 1 heterocycles. The van der Waals surface area contributed by atoms with Crippen molar-refractivity contribution in [2.45, 2.75) is 6.42 Å². The van der Waals surface area contributed by atoms with E-state index in [0.29, 0.717) is 0 Å². The summed E-state index contributed by atoms with van der Waals surface area (Å²) in [5.41, 5.74) is 0. The Labute approximate surface area is 47.2 Å². The largest absolute Gasteiger partial charge is 0.510 e. The topological polar surface area (TPSA) is 40.5 Å². The summed E-state index contributed by atoms with van der Waals surface area (Å²) in [6.07, 6.45) is 1.58. The van der Waals surface area contributed by atoms with Gasteiger partial charge in [-0.2, -0.15) is 0 Å². The summed E-state index contributed by atoms with van der Waals surface area (Å²) in [5, 5.41) is 8.67. The van der Waals surface area contributed by atoms with Crippen molar-refractivity contribution in [2.75, 3.05) is 7.05 Å². The van der Waals surface area contributed by atoms with Crippen molar-refractivity contribution in [1.82, 2.24) is 4.90 Å². The monoisotopic (exact) mass is 113 g/mol. The Morgan fingerprint density at radius 2 is 2.50 bits per heavy atom. The van der Waals surface area contributed by atoms with E-state index in [-0.39, 0.29) is 18.1 Å². The van der Waals surface area contributed by atoms with E-state index in [1.54, 1.807) is 7.05 Å². The highest BCUT2D eigenvalue weighted by atomic mass is 16.3. The number of rotatable bonds is 0. The molecule has 1 rings (SSSR count). The van der Waals surface area contributed by atoms with Crippen LogP contribution >= 0.6 is 0 Å². The summed E-state index contributed by atoms with van der Waals surface area (Å²) in [6, 6.07) is 0. The van der Waals surface area contributed by atoms with Gasteiger partial charge in [0.15, 0.2) is 0 Å². The lowest BCUT2D eigenvalue weighted by Crippen LogP contribution is -2.13. The Morgan fingerprint density at radius 3 is 2.62 bits per heavy atom. The lowest BCUT2D eigenvalue weighted by atomic mass is 10.4. The van der Waals surface area contributed by atoms with Gasteiger partial charge in [0.05, 0.1) is 6.42 Å². The summed E-state index contributed by atoms with van der Waals surface area (Å²) in [5.74, 6) is 0.0972. The molecule has 44 valence electrons. The SMILES string of the molecule is CN1C=C(O)CC1=O. The highest BCUT2D eigenvalue weighted by Crippen LogP contribution is 2.09. The van der Waals surface area contributed by atoms with Crippen LogP contribution in [0.3, 0.4) is 0 Å². The molecule has 1 aliphatic rings. The van der Waals surface area contributed by atoms with Gasteiger partial charge in [-0.3, -0.25) is 4.79 Å². The van der Waals surface area contributed by atoms with E-state index in [1.807, 2.05) is 0 Å². The van der Waals surface area contributed by atoms with Crippen LogP contribution in [0, 0.1) is 0 Å². The molecule has 0 aliphatic carbocycles. The lowest BCUT2D eigenvalue weighted by Gasteiger charge is -1.99. The Balaban J connectivity index is 2.69. The summed E-state index contributed by atoms with van der Waals surface area (Å²) >= 11 is 0. The van der Waals surface area contributed by atoms with Crippen LogP contribution in [0.25, 0.3) is 0 Å². The molecule has 0 fully saturated rings. The molecule has 3 heteroatoms. The minimum Gasteiger partial charge on any atom is -0.510 e. The summed E-state index contributed by atoms with van der Waals surface area (Å²) < 4.78 is 0. The molecule has 0 radical (unpaired) electrons. The molecule has 0 saturated carbocycles. The number of aliphatic hydroxyl groups excluding tert-OH is 1. The Bertz CT molecular complexity index is 151. The molecule has 0 atom stereocenters. The van der Waals surface area contributed by atoms with Gasteiger partial charge < -0.3 is 10.0 Å². The van der Waals surface area contributed by atoms with Gasteiger partial charge in [-0.25, -0.2) is 0 Å². The normalized spacial score (nSPS) is 19.4. The van der Waals surface area contributed by atoms with Crippen LogP contribution in [0.4, 0.5) is 0 Å².